The predicted molar refractivity (Wildman–Crippen MR) is 131 cm³/mol. The van der Waals surface area contributed by atoms with Crippen LogP contribution in [-0.4, -0.2) is 30.2 Å². The summed E-state index contributed by atoms with van der Waals surface area (Å²) < 4.78 is 5.61. The van der Waals surface area contributed by atoms with Gasteiger partial charge in [0.25, 0.3) is 0 Å². The van der Waals surface area contributed by atoms with Crippen molar-refractivity contribution < 1.29 is 23.9 Å². The van der Waals surface area contributed by atoms with E-state index in [-0.39, 0.29) is 42.5 Å². The van der Waals surface area contributed by atoms with Gasteiger partial charge in [0.05, 0.1) is 23.4 Å². The number of hydrogen-bond acceptors (Lipinski definition) is 5. The Morgan fingerprint density at radius 2 is 1.54 bits per heavy atom. The second kappa shape index (κ2) is 8.95. The van der Waals surface area contributed by atoms with Crippen molar-refractivity contribution in [3.63, 3.8) is 0 Å². The first kappa shape index (κ1) is 23.3. The molecule has 0 bridgehead atoms. The largest absolute Gasteiger partial charge is 0.426 e. The van der Waals surface area contributed by atoms with Crippen LogP contribution in [0.1, 0.15) is 48.8 Å². The summed E-state index contributed by atoms with van der Waals surface area (Å²) in [7, 11) is 0. The summed E-state index contributed by atoms with van der Waals surface area (Å²) in [5, 5.41) is 0. The minimum atomic E-state index is -0.561. The standard InChI is InChI=1S/C28H30N2O5/c1-16-8-9-20(12-17(16)2)29-15-19(14-25(29)31)28(34)35-21-10-11-24(18(3)13-21)30-26(32)22-6-4-5-7-23(22)27(30)33/h8-13,19,22-23H,4-7,14-15H2,1-3H3/t19-,22+,23+/m1/s1. The average molecular weight is 475 g/mol. The molecule has 35 heavy (non-hydrogen) atoms. The third kappa shape index (κ3) is 4.13. The average Bonchev–Trinajstić information content (AvgIpc) is 3.34. The molecule has 3 fully saturated rings. The van der Waals surface area contributed by atoms with Crippen LogP contribution in [0.4, 0.5) is 11.4 Å². The van der Waals surface area contributed by atoms with E-state index in [9.17, 15) is 19.2 Å². The number of hydrogen-bond donors (Lipinski definition) is 0. The SMILES string of the molecule is Cc1ccc(N2C[C@H](C(=O)Oc3ccc(N4C(=O)[C@H]5CCCC[C@@H]5C4=O)c(C)c3)CC2=O)cc1C. The first-order valence-corrected chi connectivity index (χ1v) is 12.3. The monoisotopic (exact) mass is 474 g/mol. The second-order valence-corrected chi connectivity index (χ2v) is 10.1. The number of ether oxygens (including phenoxy) is 1. The smallest absolute Gasteiger partial charge is 0.316 e. The summed E-state index contributed by atoms with van der Waals surface area (Å²) in [6.07, 6.45) is 3.58. The number of amides is 3. The van der Waals surface area contributed by atoms with Gasteiger partial charge in [-0.3, -0.25) is 19.2 Å². The predicted octanol–water partition coefficient (Wildman–Crippen LogP) is 4.25. The van der Waals surface area contributed by atoms with Crippen molar-refractivity contribution in [3.05, 3.63) is 53.1 Å². The Morgan fingerprint density at radius 1 is 0.857 bits per heavy atom. The molecule has 7 heteroatoms. The molecule has 3 aliphatic rings. The van der Waals surface area contributed by atoms with Gasteiger partial charge < -0.3 is 9.64 Å². The Hall–Kier alpha value is -3.48. The first-order valence-electron chi connectivity index (χ1n) is 12.3. The van der Waals surface area contributed by atoms with E-state index in [0.717, 1.165) is 42.5 Å². The lowest BCUT2D eigenvalue weighted by atomic mass is 9.81. The van der Waals surface area contributed by atoms with Crippen molar-refractivity contribution >= 4 is 35.1 Å². The van der Waals surface area contributed by atoms with Crippen molar-refractivity contribution in [2.75, 3.05) is 16.3 Å². The highest BCUT2D eigenvalue weighted by Gasteiger charge is 2.49. The summed E-state index contributed by atoms with van der Waals surface area (Å²) in [6.45, 7) is 6.09. The van der Waals surface area contributed by atoms with Gasteiger partial charge in [0.2, 0.25) is 17.7 Å². The molecule has 2 heterocycles. The fourth-order valence-corrected chi connectivity index (χ4v) is 5.55. The second-order valence-electron chi connectivity index (χ2n) is 10.1. The molecule has 182 valence electrons. The first-order chi connectivity index (χ1) is 16.7. The van der Waals surface area contributed by atoms with Crippen molar-refractivity contribution in [1.82, 2.24) is 0 Å². The van der Waals surface area contributed by atoms with Gasteiger partial charge >= 0.3 is 5.97 Å². The Balaban J connectivity index is 1.28. The van der Waals surface area contributed by atoms with E-state index < -0.39 is 11.9 Å². The van der Waals surface area contributed by atoms with Gasteiger partial charge in [-0.25, -0.2) is 4.90 Å². The van der Waals surface area contributed by atoms with Crippen LogP contribution in [0.2, 0.25) is 0 Å². The Bertz CT molecular complexity index is 1210. The van der Waals surface area contributed by atoms with Gasteiger partial charge in [0.1, 0.15) is 5.75 Å². The molecular weight excluding hydrogens is 444 g/mol. The van der Waals surface area contributed by atoms with Crippen molar-refractivity contribution in [1.29, 1.82) is 0 Å². The number of rotatable bonds is 4. The molecule has 0 unspecified atom stereocenters. The lowest BCUT2D eigenvalue weighted by molar-refractivity contribution is -0.139. The van der Waals surface area contributed by atoms with E-state index in [1.165, 1.54) is 4.90 Å². The maximum Gasteiger partial charge on any atom is 0.316 e. The number of imide groups is 1. The van der Waals surface area contributed by atoms with Gasteiger partial charge in [0.15, 0.2) is 0 Å². The van der Waals surface area contributed by atoms with Crippen molar-refractivity contribution in [2.45, 2.75) is 52.9 Å². The number of nitrogens with zero attached hydrogens (tertiary/aromatic N) is 2. The van der Waals surface area contributed by atoms with E-state index in [2.05, 4.69) is 0 Å². The molecule has 0 radical (unpaired) electrons. The summed E-state index contributed by atoms with van der Waals surface area (Å²) in [5.74, 6) is -1.46. The fraction of sp³-hybridized carbons (Fsp3) is 0.429. The van der Waals surface area contributed by atoms with Crippen LogP contribution >= 0.6 is 0 Å². The zero-order valence-corrected chi connectivity index (χ0v) is 20.4. The molecule has 2 aromatic carbocycles. The maximum absolute atomic E-state index is 12.9. The van der Waals surface area contributed by atoms with E-state index in [1.807, 2.05) is 32.0 Å². The third-order valence-electron chi connectivity index (χ3n) is 7.73. The molecule has 1 saturated carbocycles. The molecule has 0 spiro atoms. The van der Waals surface area contributed by atoms with Crippen LogP contribution in [0.3, 0.4) is 0 Å². The van der Waals surface area contributed by atoms with Crippen molar-refractivity contribution in [2.24, 2.45) is 17.8 Å². The molecule has 5 rings (SSSR count). The molecule has 3 atom stereocenters. The van der Waals surface area contributed by atoms with Gasteiger partial charge in [0, 0.05) is 18.7 Å². The number of carbonyl (C=O) groups is 4. The number of carbonyl (C=O) groups excluding carboxylic acids is 4. The van der Waals surface area contributed by atoms with Crippen LogP contribution in [0.15, 0.2) is 36.4 Å². The Kier molecular flexibility index (Phi) is 5.95. The summed E-state index contributed by atoms with van der Waals surface area (Å²) >= 11 is 0. The molecule has 2 aromatic rings. The lowest BCUT2D eigenvalue weighted by Crippen LogP contribution is -2.31. The molecule has 0 N–H and O–H groups in total. The van der Waals surface area contributed by atoms with Crippen LogP contribution in [0.5, 0.6) is 5.75 Å². The van der Waals surface area contributed by atoms with E-state index in [1.54, 1.807) is 30.0 Å². The molecule has 2 saturated heterocycles. The van der Waals surface area contributed by atoms with Gasteiger partial charge in [-0.1, -0.05) is 18.9 Å². The summed E-state index contributed by atoms with van der Waals surface area (Å²) in [4.78, 5) is 54.3. The minimum Gasteiger partial charge on any atom is -0.426 e. The molecular formula is C28H30N2O5. The zero-order valence-electron chi connectivity index (χ0n) is 20.4. The number of benzene rings is 2. The molecule has 1 aliphatic carbocycles. The molecule has 3 amide bonds. The highest BCUT2D eigenvalue weighted by Crippen LogP contribution is 2.41. The quantitative estimate of drug-likeness (QED) is 0.376. The van der Waals surface area contributed by atoms with Crippen molar-refractivity contribution in [3.8, 4) is 5.75 Å². The fourth-order valence-electron chi connectivity index (χ4n) is 5.55. The number of fused-ring (bicyclic) bond motifs is 1. The molecule has 2 aliphatic heterocycles. The van der Waals surface area contributed by atoms with Crippen LogP contribution < -0.4 is 14.5 Å². The van der Waals surface area contributed by atoms with Crippen LogP contribution in [0.25, 0.3) is 0 Å². The van der Waals surface area contributed by atoms with E-state index in [0.29, 0.717) is 17.0 Å². The summed E-state index contributed by atoms with van der Waals surface area (Å²) in [5.41, 5.74) is 4.26. The van der Waals surface area contributed by atoms with Gasteiger partial charge in [-0.05, 0) is 80.6 Å². The minimum absolute atomic E-state index is 0.0996. The van der Waals surface area contributed by atoms with Crippen LogP contribution in [0, 0.1) is 38.5 Å². The molecule has 7 nitrogen and oxygen atoms in total. The highest BCUT2D eigenvalue weighted by atomic mass is 16.5. The van der Waals surface area contributed by atoms with Gasteiger partial charge in [-0.2, -0.15) is 0 Å². The van der Waals surface area contributed by atoms with E-state index in [4.69, 9.17) is 4.74 Å². The topological polar surface area (TPSA) is 84.0 Å². The van der Waals surface area contributed by atoms with Crippen LogP contribution in [-0.2, 0) is 19.2 Å². The number of aryl methyl sites for hydroxylation is 3. The highest BCUT2D eigenvalue weighted by molar-refractivity contribution is 6.22. The summed E-state index contributed by atoms with van der Waals surface area (Å²) in [6, 6.07) is 10.8. The normalized spacial score (nSPS) is 24.2. The van der Waals surface area contributed by atoms with Gasteiger partial charge in [-0.15, -0.1) is 0 Å². The maximum atomic E-state index is 12.9. The number of esters is 1. The Morgan fingerprint density at radius 3 is 2.17 bits per heavy atom. The molecule has 0 aromatic heterocycles. The van der Waals surface area contributed by atoms with E-state index >= 15 is 0 Å². The third-order valence-corrected chi connectivity index (χ3v) is 7.73. The number of anilines is 2. The Labute approximate surface area is 205 Å². The lowest BCUT2D eigenvalue weighted by Gasteiger charge is -2.19. The zero-order chi connectivity index (χ0) is 24.9.